The van der Waals surface area contributed by atoms with Crippen LogP contribution < -0.4 is 10.7 Å². The number of aromatic nitrogens is 2. The average molecular weight is 188 g/mol. The maximum Gasteiger partial charge on any atom is 0.0931 e. The molecule has 14 heavy (non-hydrogen) atoms. The number of nitrogens with zero attached hydrogens (tertiary/aromatic N) is 1. The molecule has 0 unspecified atom stereocenters. The zero-order valence-electron chi connectivity index (χ0n) is 8.75. The van der Waals surface area contributed by atoms with E-state index in [0.29, 0.717) is 5.92 Å². The van der Waals surface area contributed by atoms with Gasteiger partial charge < -0.3 is 4.98 Å². The van der Waals surface area contributed by atoms with Crippen LogP contribution in [0.4, 0.5) is 0 Å². The zero-order chi connectivity index (χ0) is 10.6. The van der Waals surface area contributed by atoms with Gasteiger partial charge in [-0.2, -0.15) is 0 Å². The van der Waals surface area contributed by atoms with E-state index in [1.54, 1.807) is 12.4 Å². The normalized spacial score (nSPS) is 14.4. The van der Waals surface area contributed by atoms with Crippen molar-refractivity contribution in [3.05, 3.63) is 42.3 Å². The second kappa shape index (κ2) is 4.61. The summed E-state index contributed by atoms with van der Waals surface area (Å²) in [5.41, 5.74) is 1.15. The first-order valence-electron chi connectivity index (χ1n) is 4.69. The number of H-pyrrole nitrogens is 1. The summed E-state index contributed by atoms with van der Waals surface area (Å²) in [6.45, 7) is 11.7. The molecule has 2 heteroatoms. The summed E-state index contributed by atoms with van der Waals surface area (Å²) in [5.74, 6) is 0.424. The smallest absolute Gasteiger partial charge is 0.0931 e. The van der Waals surface area contributed by atoms with E-state index in [9.17, 15) is 0 Å². The largest absolute Gasteiger partial charge is 0.345 e. The third-order valence-electron chi connectivity index (χ3n) is 2.07. The molecule has 1 rings (SSSR count). The van der Waals surface area contributed by atoms with Crippen molar-refractivity contribution in [1.29, 1.82) is 0 Å². The van der Waals surface area contributed by atoms with Crippen LogP contribution in [-0.2, 0) is 0 Å². The van der Waals surface area contributed by atoms with Gasteiger partial charge in [-0.3, -0.25) is 0 Å². The first-order chi connectivity index (χ1) is 6.70. The number of hydrogen-bond donors (Lipinski definition) is 1. The van der Waals surface area contributed by atoms with Gasteiger partial charge in [0.05, 0.1) is 17.0 Å². The molecule has 0 aliphatic carbocycles. The molecule has 0 aromatic carbocycles. The van der Waals surface area contributed by atoms with Gasteiger partial charge in [0.1, 0.15) is 0 Å². The predicted molar refractivity (Wildman–Crippen MR) is 60.9 cm³/mol. The van der Waals surface area contributed by atoms with Crippen LogP contribution in [0.15, 0.2) is 31.6 Å². The van der Waals surface area contributed by atoms with Crippen molar-refractivity contribution in [3.8, 4) is 0 Å². The standard InChI is InChI=1S/C12H16N2/c1-5-7-11-12(14-8-13-11)10(6-2)9(3)4/h5-9H,1-2H2,3-4H3,(H,13,14)/b11-7+,12-10-. The van der Waals surface area contributed by atoms with Crippen molar-refractivity contribution in [2.45, 2.75) is 13.8 Å². The van der Waals surface area contributed by atoms with Crippen LogP contribution in [0.1, 0.15) is 13.8 Å². The maximum atomic E-state index is 4.28. The predicted octanol–water partition coefficient (Wildman–Crippen LogP) is 1.37. The third kappa shape index (κ3) is 2.02. The Bertz CT molecular complexity index is 435. The summed E-state index contributed by atoms with van der Waals surface area (Å²) in [6.07, 6.45) is 7.21. The van der Waals surface area contributed by atoms with Crippen LogP contribution in [0.2, 0.25) is 0 Å². The number of nitrogens with one attached hydrogen (secondary N) is 1. The highest BCUT2D eigenvalue weighted by Gasteiger charge is 2.01. The van der Waals surface area contributed by atoms with E-state index in [4.69, 9.17) is 0 Å². The van der Waals surface area contributed by atoms with Gasteiger partial charge in [0.15, 0.2) is 0 Å². The van der Waals surface area contributed by atoms with Crippen LogP contribution in [-0.4, -0.2) is 9.97 Å². The highest BCUT2D eigenvalue weighted by atomic mass is 14.9. The molecule has 1 heterocycles. The number of imidazole rings is 1. The molecule has 2 nitrogen and oxygen atoms in total. The lowest BCUT2D eigenvalue weighted by Crippen LogP contribution is -2.28. The van der Waals surface area contributed by atoms with Gasteiger partial charge in [0.2, 0.25) is 0 Å². The number of hydrogen-bond acceptors (Lipinski definition) is 1. The highest BCUT2D eigenvalue weighted by molar-refractivity contribution is 5.56. The van der Waals surface area contributed by atoms with Crippen molar-refractivity contribution < 1.29 is 0 Å². The van der Waals surface area contributed by atoms with E-state index in [-0.39, 0.29) is 0 Å². The lowest BCUT2D eigenvalue weighted by molar-refractivity contribution is 0.851. The molecule has 0 saturated heterocycles. The molecule has 1 aromatic heterocycles. The van der Waals surface area contributed by atoms with Gasteiger partial charge in [-0.15, -0.1) is 0 Å². The Kier molecular flexibility index (Phi) is 3.46. The minimum Gasteiger partial charge on any atom is -0.345 e. The Morgan fingerprint density at radius 2 is 2.21 bits per heavy atom. The molecule has 74 valence electrons. The van der Waals surface area contributed by atoms with Crippen molar-refractivity contribution >= 4 is 11.6 Å². The minimum atomic E-state index is 0.424. The molecule has 0 aliphatic heterocycles. The summed E-state index contributed by atoms with van der Waals surface area (Å²) in [7, 11) is 0. The van der Waals surface area contributed by atoms with Crippen LogP contribution in [0.3, 0.4) is 0 Å². The van der Waals surface area contributed by atoms with Crippen LogP contribution >= 0.6 is 0 Å². The van der Waals surface area contributed by atoms with E-state index in [2.05, 4.69) is 37.0 Å². The number of aromatic amines is 1. The summed E-state index contributed by atoms with van der Waals surface area (Å²) in [6, 6.07) is 0. The Balaban J connectivity index is 3.56. The van der Waals surface area contributed by atoms with Crippen molar-refractivity contribution in [2.75, 3.05) is 0 Å². The summed E-state index contributed by atoms with van der Waals surface area (Å²) in [4.78, 5) is 7.35. The summed E-state index contributed by atoms with van der Waals surface area (Å²) in [5, 5.41) is 1.96. The molecule has 1 aromatic rings. The molecule has 0 saturated carbocycles. The van der Waals surface area contributed by atoms with Gasteiger partial charge in [-0.1, -0.05) is 39.2 Å². The first-order valence-corrected chi connectivity index (χ1v) is 4.69. The average Bonchev–Trinajstić information content (AvgIpc) is 2.55. The van der Waals surface area contributed by atoms with Gasteiger partial charge in [0, 0.05) is 0 Å². The number of allylic oxidation sites excluding steroid dienone is 2. The van der Waals surface area contributed by atoms with E-state index in [1.165, 1.54) is 0 Å². The molecule has 0 bridgehead atoms. The van der Waals surface area contributed by atoms with Crippen LogP contribution in [0.25, 0.3) is 11.6 Å². The second-order valence-corrected chi connectivity index (χ2v) is 3.38. The second-order valence-electron chi connectivity index (χ2n) is 3.38. The molecular weight excluding hydrogens is 172 g/mol. The molecule has 0 fully saturated rings. The Morgan fingerprint density at radius 3 is 2.71 bits per heavy atom. The lowest BCUT2D eigenvalue weighted by atomic mass is 10.0. The minimum absolute atomic E-state index is 0.424. The Hall–Kier alpha value is -1.57. The van der Waals surface area contributed by atoms with Crippen LogP contribution in [0.5, 0.6) is 0 Å². The maximum absolute atomic E-state index is 4.28. The lowest BCUT2D eigenvalue weighted by Gasteiger charge is -2.02. The summed E-state index contributed by atoms with van der Waals surface area (Å²) >= 11 is 0. The monoisotopic (exact) mass is 188 g/mol. The molecule has 0 amide bonds. The fourth-order valence-corrected chi connectivity index (χ4v) is 1.39. The Labute approximate surface area is 84.4 Å². The molecule has 0 spiro atoms. The Morgan fingerprint density at radius 1 is 1.50 bits per heavy atom. The van der Waals surface area contributed by atoms with Crippen molar-refractivity contribution in [1.82, 2.24) is 9.97 Å². The van der Waals surface area contributed by atoms with Gasteiger partial charge >= 0.3 is 0 Å². The van der Waals surface area contributed by atoms with E-state index < -0.39 is 0 Å². The quantitative estimate of drug-likeness (QED) is 0.762. The summed E-state index contributed by atoms with van der Waals surface area (Å²) < 4.78 is 0. The number of rotatable bonds is 3. The molecular formula is C12H16N2. The molecule has 0 aliphatic rings. The molecule has 1 N–H and O–H groups in total. The topological polar surface area (TPSA) is 28.7 Å². The van der Waals surface area contributed by atoms with E-state index in [0.717, 1.165) is 16.3 Å². The molecule has 0 atom stereocenters. The fraction of sp³-hybridized carbons (Fsp3) is 0.250. The SMILES string of the molecule is C=C/C=c1/[nH]cn/c1=C(/C=C)C(C)C. The highest BCUT2D eigenvalue weighted by Crippen LogP contribution is 2.07. The van der Waals surface area contributed by atoms with E-state index in [1.807, 2.05) is 12.2 Å². The van der Waals surface area contributed by atoms with E-state index >= 15 is 0 Å². The van der Waals surface area contributed by atoms with Gasteiger partial charge in [0.25, 0.3) is 0 Å². The first kappa shape index (κ1) is 10.5. The zero-order valence-corrected chi connectivity index (χ0v) is 8.75. The van der Waals surface area contributed by atoms with Crippen molar-refractivity contribution in [3.63, 3.8) is 0 Å². The molecule has 0 radical (unpaired) electrons. The fourth-order valence-electron chi connectivity index (χ4n) is 1.39. The van der Waals surface area contributed by atoms with Gasteiger partial charge in [-0.25, -0.2) is 4.98 Å². The van der Waals surface area contributed by atoms with Crippen LogP contribution in [0, 0.1) is 5.92 Å². The third-order valence-corrected chi connectivity index (χ3v) is 2.07. The van der Waals surface area contributed by atoms with Gasteiger partial charge in [-0.05, 0) is 17.6 Å². The van der Waals surface area contributed by atoms with Crippen molar-refractivity contribution in [2.24, 2.45) is 5.92 Å².